The molecule has 2 rings (SSSR count). The molecule has 2 nitrogen and oxygen atoms in total. The number of halogens is 1. The highest BCUT2D eigenvalue weighted by molar-refractivity contribution is 6.31. The summed E-state index contributed by atoms with van der Waals surface area (Å²) in [6.07, 6.45) is 0. The molecule has 0 bridgehead atoms. The fourth-order valence-corrected chi connectivity index (χ4v) is 1.74. The van der Waals surface area contributed by atoms with Gasteiger partial charge in [0.15, 0.2) is 0 Å². The molecule has 0 fully saturated rings. The van der Waals surface area contributed by atoms with E-state index in [1.807, 2.05) is 61.5 Å². The second-order valence-corrected chi connectivity index (χ2v) is 4.31. The van der Waals surface area contributed by atoms with Gasteiger partial charge in [0.05, 0.1) is 5.71 Å². The summed E-state index contributed by atoms with van der Waals surface area (Å²) >= 11 is 6.03. The van der Waals surface area contributed by atoms with Crippen molar-refractivity contribution in [2.75, 3.05) is 0 Å². The van der Waals surface area contributed by atoms with Gasteiger partial charge in [-0.05, 0) is 18.6 Å². The van der Waals surface area contributed by atoms with E-state index in [1.54, 1.807) is 0 Å². The number of rotatable bonds is 4. The molecular formula is C15H14ClNO. The highest BCUT2D eigenvalue weighted by atomic mass is 35.5. The van der Waals surface area contributed by atoms with Gasteiger partial charge in [0, 0.05) is 10.6 Å². The van der Waals surface area contributed by atoms with Gasteiger partial charge in [0.2, 0.25) is 0 Å². The average molecular weight is 260 g/mol. The van der Waals surface area contributed by atoms with Crippen molar-refractivity contribution in [2.24, 2.45) is 5.16 Å². The Kier molecular flexibility index (Phi) is 4.37. The van der Waals surface area contributed by atoms with Crippen LogP contribution < -0.4 is 0 Å². The molecule has 2 aromatic rings. The summed E-state index contributed by atoms with van der Waals surface area (Å²) in [4.78, 5) is 5.32. The maximum absolute atomic E-state index is 6.03. The van der Waals surface area contributed by atoms with E-state index in [4.69, 9.17) is 16.4 Å². The van der Waals surface area contributed by atoms with Crippen LogP contribution in [0.2, 0.25) is 5.02 Å². The lowest BCUT2D eigenvalue weighted by Gasteiger charge is -2.04. The molecule has 0 heterocycles. The topological polar surface area (TPSA) is 21.6 Å². The molecule has 2 aromatic carbocycles. The molecule has 0 atom stereocenters. The molecule has 0 aliphatic heterocycles. The second-order valence-electron chi connectivity index (χ2n) is 3.91. The standard InChI is InChI=1S/C15H14ClNO/c1-12(13-7-3-2-4-8-13)17-18-11-14-9-5-6-10-15(14)16/h2-10H,11H2,1H3/b17-12+. The summed E-state index contributed by atoms with van der Waals surface area (Å²) in [5, 5.41) is 4.79. The summed E-state index contributed by atoms with van der Waals surface area (Å²) in [5.41, 5.74) is 2.84. The third kappa shape index (κ3) is 3.34. The van der Waals surface area contributed by atoms with Crippen molar-refractivity contribution in [1.29, 1.82) is 0 Å². The van der Waals surface area contributed by atoms with Crippen LogP contribution in [0.5, 0.6) is 0 Å². The molecule has 0 N–H and O–H groups in total. The number of hydrogen-bond donors (Lipinski definition) is 0. The van der Waals surface area contributed by atoms with Crippen LogP contribution in [-0.4, -0.2) is 5.71 Å². The Hall–Kier alpha value is -1.80. The fourth-order valence-electron chi connectivity index (χ4n) is 1.55. The Balaban J connectivity index is 1.98. The van der Waals surface area contributed by atoms with Crippen molar-refractivity contribution < 1.29 is 4.84 Å². The van der Waals surface area contributed by atoms with Crippen LogP contribution in [0.1, 0.15) is 18.1 Å². The molecule has 0 aromatic heterocycles. The van der Waals surface area contributed by atoms with E-state index in [1.165, 1.54) is 0 Å². The minimum Gasteiger partial charge on any atom is -0.391 e. The fraction of sp³-hybridized carbons (Fsp3) is 0.133. The largest absolute Gasteiger partial charge is 0.391 e. The van der Waals surface area contributed by atoms with Crippen LogP contribution >= 0.6 is 11.6 Å². The van der Waals surface area contributed by atoms with Crippen molar-refractivity contribution in [3.8, 4) is 0 Å². The maximum atomic E-state index is 6.03. The lowest BCUT2D eigenvalue weighted by Crippen LogP contribution is -1.96. The SMILES string of the molecule is C/C(=N\OCc1ccccc1Cl)c1ccccc1. The summed E-state index contributed by atoms with van der Waals surface area (Å²) in [6, 6.07) is 17.5. The third-order valence-corrected chi connectivity index (χ3v) is 2.94. The van der Waals surface area contributed by atoms with E-state index in [9.17, 15) is 0 Å². The molecule has 0 aliphatic carbocycles. The lowest BCUT2D eigenvalue weighted by atomic mass is 10.1. The zero-order valence-corrected chi connectivity index (χ0v) is 10.9. The van der Waals surface area contributed by atoms with Gasteiger partial charge in [-0.3, -0.25) is 0 Å². The van der Waals surface area contributed by atoms with Crippen LogP contribution in [-0.2, 0) is 11.4 Å². The quantitative estimate of drug-likeness (QED) is 0.593. The summed E-state index contributed by atoms with van der Waals surface area (Å²) in [7, 11) is 0. The molecule has 0 saturated carbocycles. The van der Waals surface area contributed by atoms with E-state index < -0.39 is 0 Å². The van der Waals surface area contributed by atoms with Gasteiger partial charge in [-0.2, -0.15) is 0 Å². The second kappa shape index (κ2) is 6.22. The van der Waals surface area contributed by atoms with Crippen molar-refractivity contribution in [2.45, 2.75) is 13.5 Å². The molecule has 3 heteroatoms. The Morgan fingerprint density at radius 2 is 1.72 bits per heavy atom. The van der Waals surface area contributed by atoms with E-state index in [-0.39, 0.29) is 0 Å². The molecule has 0 amide bonds. The Morgan fingerprint density at radius 3 is 2.44 bits per heavy atom. The summed E-state index contributed by atoms with van der Waals surface area (Å²) in [6.45, 7) is 2.30. The molecular weight excluding hydrogens is 246 g/mol. The summed E-state index contributed by atoms with van der Waals surface area (Å²) < 4.78 is 0. The van der Waals surface area contributed by atoms with E-state index in [0.29, 0.717) is 11.6 Å². The molecule has 0 radical (unpaired) electrons. The number of benzene rings is 2. The van der Waals surface area contributed by atoms with Crippen LogP contribution in [0, 0.1) is 0 Å². The molecule has 0 saturated heterocycles. The van der Waals surface area contributed by atoms with Gasteiger partial charge >= 0.3 is 0 Å². The van der Waals surface area contributed by atoms with Crippen molar-refractivity contribution in [3.63, 3.8) is 0 Å². The normalized spacial score (nSPS) is 11.3. The lowest BCUT2D eigenvalue weighted by molar-refractivity contribution is 0.130. The first-order valence-electron chi connectivity index (χ1n) is 5.73. The van der Waals surface area contributed by atoms with Gasteiger partial charge in [-0.1, -0.05) is 65.3 Å². The average Bonchev–Trinajstić information content (AvgIpc) is 2.42. The van der Waals surface area contributed by atoms with Gasteiger partial charge in [-0.25, -0.2) is 0 Å². The predicted molar refractivity (Wildman–Crippen MR) is 74.9 cm³/mol. The zero-order valence-electron chi connectivity index (χ0n) is 10.1. The number of oxime groups is 1. The van der Waals surface area contributed by atoms with Gasteiger partial charge < -0.3 is 4.84 Å². The summed E-state index contributed by atoms with van der Waals surface area (Å²) in [5.74, 6) is 0. The zero-order chi connectivity index (χ0) is 12.8. The van der Waals surface area contributed by atoms with Gasteiger partial charge in [0.25, 0.3) is 0 Å². The molecule has 0 aliphatic rings. The monoisotopic (exact) mass is 259 g/mol. The van der Waals surface area contributed by atoms with E-state index in [2.05, 4.69) is 5.16 Å². The molecule has 18 heavy (non-hydrogen) atoms. The Labute approximate surface area is 112 Å². The minimum atomic E-state index is 0.379. The number of hydrogen-bond acceptors (Lipinski definition) is 2. The third-order valence-electron chi connectivity index (χ3n) is 2.57. The first-order valence-corrected chi connectivity index (χ1v) is 6.10. The Bertz CT molecular complexity index is 537. The smallest absolute Gasteiger partial charge is 0.143 e. The van der Waals surface area contributed by atoms with Gasteiger partial charge in [-0.15, -0.1) is 0 Å². The highest BCUT2D eigenvalue weighted by Crippen LogP contribution is 2.15. The predicted octanol–water partition coefficient (Wildman–Crippen LogP) is 4.28. The van der Waals surface area contributed by atoms with Crippen molar-refractivity contribution >= 4 is 17.3 Å². The van der Waals surface area contributed by atoms with E-state index in [0.717, 1.165) is 16.8 Å². The number of nitrogens with zero attached hydrogens (tertiary/aromatic N) is 1. The van der Waals surface area contributed by atoms with Crippen LogP contribution in [0.25, 0.3) is 0 Å². The molecule has 0 unspecified atom stereocenters. The molecule has 92 valence electrons. The maximum Gasteiger partial charge on any atom is 0.143 e. The van der Waals surface area contributed by atoms with Crippen LogP contribution in [0.4, 0.5) is 0 Å². The van der Waals surface area contributed by atoms with Crippen molar-refractivity contribution in [1.82, 2.24) is 0 Å². The highest BCUT2D eigenvalue weighted by Gasteiger charge is 1.99. The Morgan fingerprint density at radius 1 is 1.06 bits per heavy atom. The molecule has 0 spiro atoms. The van der Waals surface area contributed by atoms with Gasteiger partial charge in [0.1, 0.15) is 6.61 Å². The van der Waals surface area contributed by atoms with E-state index >= 15 is 0 Å². The van der Waals surface area contributed by atoms with Crippen LogP contribution in [0.3, 0.4) is 0 Å². The first kappa shape index (κ1) is 12.7. The minimum absolute atomic E-state index is 0.379. The van der Waals surface area contributed by atoms with Crippen LogP contribution in [0.15, 0.2) is 59.8 Å². The van der Waals surface area contributed by atoms with Crippen molar-refractivity contribution in [3.05, 3.63) is 70.7 Å². The first-order chi connectivity index (χ1) is 8.77.